The van der Waals surface area contributed by atoms with Crippen LogP contribution in [0.2, 0.25) is 0 Å². The minimum Gasteiger partial charge on any atom is -0.374 e. The Balaban J connectivity index is 1.99. The number of nitrogens with one attached hydrogen (secondary N) is 1. The molecule has 0 radical (unpaired) electrons. The van der Waals surface area contributed by atoms with E-state index in [1.807, 2.05) is 7.05 Å². The van der Waals surface area contributed by atoms with Crippen molar-refractivity contribution < 1.29 is 4.74 Å². The van der Waals surface area contributed by atoms with Crippen LogP contribution in [0.4, 0.5) is 11.6 Å². The molecular formula is C15H24N4O. The second kappa shape index (κ2) is 5.56. The van der Waals surface area contributed by atoms with Gasteiger partial charge in [-0.2, -0.15) is 0 Å². The van der Waals surface area contributed by atoms with Crippen LogP contribution in [0.1, 0.15) is 37.6 Å². The zero-order chi connectivity index (χ0) is 14.1. The molecule has 0 bridgehead atoms. The number of rotatable bonds is 3. The van der Waals surface area contributed by atoms with Gasteiger partial charge in [-0.15, -0.1) is 0 Å². The minimum absolute atomic E-state index is 0.390. The third-order valence-corrected chi connectivity index (χ3v) is 4.47. The first-order valence-corrected chi connectivity index (χ1v) is 7.68. The highest BCUT2D eigenvalue weighted by Crippen LogP contribution is 2.34. The zero-order valence-corrected chi connectivity index (χ0v) is 12.6. The lowest BCUT2D eigenvalue weighted by Crippen LogP contribution is -2.49. The number of nitrogens with zero attached hydrogens (tertiary/aromatic N) is 3. The van der Waals surface area contributed by atoms with Crippen molar-refractivity contribution in [2.45, 2.75) is 51.7 Å². The Bertz CT molecular complexity index is 491. The van der Waals surface area contributed by atoms with Gasteiger partial charge in [-0.3, -0.25) is 0 Å². The Labute approximate surface area is 120 Å². The number of morpholine rings is 1. The van der Waals surface area contributed by atoms with Crippen LogP contribution in [0.3, 0.4) is 0 Å². The summed E-state index contributed by atoms with van der Waals surface area (Å²) in [7, 11) is 1.93. The molecule has 1 aromatic rings. The van der Waals surface area contributed by atoms with Crippen LogP contribution < -0.4 is 10.2 Å². The van der Waals surface area contributed by atoms with Crippen molar-refractivity contribution in [2.24, 2.45) is 0 Å². The predicted octanol–water partition coefficient (Wildman–Crippen LogP) is 2.15. The maximum absolute atomic E-state index is 5.91. The Kier molecular flexibility index (Phi) is 3.78. The molecule has 1 aromatic heterocycles. The van der Waals surface area contributed by atoms with Crippen LogP contribution in [0, 0.1) is 6.92 Å². The first-order chi connectivity index (χ1) is 9.74. The Morgan fingerprint density at radius 1 is 1.35 bits per heavy atom. The lowest BCUT2D eigenvalue weighted by Gasteiger charge is -2.39. The Hall–Kier alpha value is -1.36. The normalized spacial score (nSPS) is 25.6. The SMILES string of the molecule is CCc1nc(NC)c(C)c(N2CCOC3CCCC32)n1. The van der Waals surface area contributed by atoms with Crippen molar-refractivity contribution >= 4 is 11.6 Å². The average molecular weight is 276 g/mol. The van der Waals surface area contributed by atoms with Crippen LogP contribution in [0.5, 0.6) is 0 Å². The molecule has 1 aliphatic carbocycles. The summed E-state index contributed by atoms with van der Waals surface area (Å²) in [5.41, 5.74) is 1.15. The molecule has 1 N–H and O–H groups in total. The van der Waals surface area contributed by atoms with E-state index in [0.717, 1.165) is 42.6 Å². The van der Waals surface area contributed by atoms with Gasteiger partial charge in [0, 0.05) is 25.6 Å². The molecule has 2 heterocycles. The molecule has 1 saturated heterocycles. The molecule has 5 heteroatoms. The molecule has 2 unspecified atom stereocenters. The van der Waals surface area contributed by atoms with Gasteiger partial charge >= 0.3 is 0 Å². The van der Waals surface area contributed by atoms with Gasteiger partial charge in [-0.1, -0.05) is 6.92 Å². The van der Waals surface area contributed by atoms with Crippen LogP contribution in [0.15, 0.2) is 0 Å². The van der Waals surface area contributed by atoms with Crippen LogP contribution in [-0.4, -0.2) is 42.3 Å². The highest BCUT2D eigenvalue weighted by Gasteiger charge is 2.37. The smallest absolute Gasteiger partial charge is 0.137 e. The van der Waals surface area contributed by atoms with Crippen molar-refractivity contribution in [1.29, 1.82) is 0 Å². The van der Waals surface area contributed by atoms with E-state index in [-0.39, 0.29) is 0 Å². The molecule has 2 atom stereocenters. The van der Waals surface area contributed by atoms with E-state index in [1.54, 1.807) is 0 Å². The number of ether oxygens (including phenoxy) is 1. The number of hydrogen-bond acceptors (Lipinski definition) is 5. The second-order valence-electron chi connectivity index (χ2n) is 5.64. The van der Waals surface area contributed by atoms with Gasteiger partial charge in [0.1, 0.15) is 17.5 Å². The fourth-order valence-corrected chi connectivity index (χ4v) is 3.42. The summed E-state index contributed by atoms with van der Waals surface area (Å²) in [5, 5.41) is 3.20. The first-order valence-electron chi connectivity index (χ1n) is 7.68. The fourth-order valence-electron chi connectivity index (χ4n) is 3.42. The Morgan fingerprint density at radius 3 is 2.95 bits per heavy atom. The summed E-state index contributed by atoms with van der Waals surface area (Å²) in [6.45, 7) is 5.96. The largest absolute Gasteiger partial charge is 0.374 e. The summed E-state index contributed by atoms with van der Waals surface area (Å²) in [6, 6.07) is 0.492. The maximum Gasteiger partial charge on any atom is 0.137 e. The molecule has 0 spiro atoms. The van der Waals surface area contributed by atoms with E-state index in [9.17, 15) is 0 Å². The van der Waals surface area contributed by atoms with Gasteiger partial charge in [0.2, 0.25) is 0 Å². The van der Waals surface area contributed by atoms with Crippen molar-refractivity contribution in [3.8, 4) is 0 Å². The first kappa shape index (κ1) is 13.6. The molecule has 5 nitrogen and oxygen atoms in total. The fraction of sp³-hybridized carbons (Fsp3) is 0.733. The standard InChI is InChI=1S/C15H24N4O/c1-4-13-17-14(16-3)10(2)15(18-13)19-8-9-20-12-7-5-6-11(12)19/h11-12H,4-9H2,1-3H3,(H,16,17,18). The van der Waals surface area contributed by atoms with E-state index in [2.05, 4.69) is 29.0 Å². The number of aromatic nitrogens is 2. The van der Waals surface area contributed by atoms with Crippen LogP contribution in [0.25, 0.3) is 0 Å². The van der Waals surface area contributed by atoms with E-state index < -0.39 is 0 Å². The average Bonchev–Trinajstić information content (AvgIpc) is 2.96. The topological polar surface area (TPSA) is 50.3 Å². The van der Waals surface area contributed by atoms with Crippen molar-refractivity contribution in [2.75, 3.05) is 30.4 Å². The van der Waals surface area contributed by atoms with Gasteiger partial charge in [-0.25, -0.2) is 9.97 Å². The van der Waals surface area contributed by atoms with Crippen molar-refractivity contribution in [1.82, 2.24) is 9.97 Å². The molecule has 2 aliphatic rings. The van der Waals surface area contributed by atoms with Crippen molar-refractivity contribution in [3.05, 3.63) is 11.4 Å². The number of anilines is 2. The van der Waals surface area contributed by atoms with Gasteiger partial charge in [0.25, 0.3) is 0 Å². The van der Waals surface area contributed by atoms with E-state index in [1.165, 1.54) is 19.3 Å². The number of hydrogen-bond donors (Lipinski definition) is 1. The summed E-state index contributed by atoms with van der Waals surface area (Å²) < 4.78 is 5.91. The number of fused-ring (bicyclic) bond motifs is 1. The third-order valence-electron chi connectivity index (χ3n) is 4.47. The quantitative estimate of drug-likeness (QED) is 0.916. The van der Waals surface area contributed by atoms with E-state index in [4.69, 9.17) is 9.72 Å². The third kappa shape index (κ3) is 2.24. The lowest BCUT2D eigenvalue weighted by molar-refractivity contribution is 0.0252. The monoisotopic (exact) mass is 276 g/mol. The lowest BCUT2D eigenvalue weighted by atomic mass is 10.1. The predicted molar refractivity (Wildman–Crippen MR) is 80.4 cm³/mol. The minimum atomic E-state index is 0.390. The molecular weight excluding hydrogens is 252 g/mol. The summed E-state index contributed by atoms with van der Waals surface area (Å²) in [5.74, 6) is 2.96. The van der Waals surface area contributed by atoms with Crippen molar-refractivity contribution in [3.63, 3.8) is 0 Å². The summed E-state index contributed by atoms with van der Waals surface area (Å²) >= 11 is 0. The maximum atomic E-state index is 5.91. The van der Waals surface area contributed by atoms with Gasteiger partial charge in [0.15, 0.2) is 0 Å². The molecule has 0 amide bonds. The van der Waals surface area contributed by atoms with E-state index in [0.29, 0.717) is 12.1 Å². The molecule has 2 fully saturated rings. The van der Waals surface area contributed by atoms with Crippen LogP contribution >= 0.6 is 0 Å². The zero-order valence-electron chi connectivity index (χ0n) is 12.6. The second-order valence-corrected chi connectivity index (χ2v) is 5.64. The van der Waals surface area contributed by atoms with Crippen LogP contribution in [-0.2, 0) is 11.2 Å². The highest BCUT2D eigenvalue weighted by molar-refractivity contribution is 5.59. The van der Waals surface area contributed by atoms with Gasteiger partial charge in [0.05, 0.1) is 18.8 Å². The molecule has 20 heavy (non-hydrogen) atoms. The summed E-state index contributed by atoms with van der Waals surface area (Å²) in [6.07, 6.45) is 4.91. The molecule has 110 valence electrons. The molecule has 1 aliphatic heterocycles. The van der Waals surface area contributed by atoms with E-state index >= 15 is 0 Å². The van der Waals surface area contributed by atoms with Gasteiger partial charge < -0.3 is 15.0 Å². The Morgan fingerprint density at radius 2 is 2.20 bits per heavy atom. The molecule has 3 rings (SSSR count). The summed E-state index contributed by atoms with van der Waals surface area (Å²) in [4.78, 5) is 11.8. The number of aryl methyl sites for hydroxylation is 1. The molecule has 1 saturated carbocycles. The highest BCUT2D eigenvalue weighted by atomic mass is 16.5. The van der Waals surface area contributed by atoms with Gasteiger partial charge in [-0.05, 0) is 26.2 Å². The molecule has 0 aromatic carbocycles.